The Morgan fingerprint density at radius 2 is 1.66 bits per heavy atom. The Bertz CT molecular complexity index is 876. The number of benzene rings is 2. The van der Waals surface area contributed by atoms with Crippen molar-refractivity contribution in [3.05, 3.63) is 54.1 Å². The molecule has 32 heavy (non-hydrogen) atoms. The number of rotatable bonds is 6. The summed E-state index contributed by atoms with van der Waals surface area (Å²) < 4.78 is 5.25. The van der Waals surface area contributed by atoms with Crippen LogP contribution in [-0.4, -0.2) is 57.1 Å². The first-order chi connectivity index (χ1) is 15.0. The van der Waals surface area contributed by atoms with Crippen molar-refractivity contribution in [2.45, 2.75) is 20.4 Å². The molecule has 0 unspecified atom stereocenters. The number of carbonyl (C=O) groups is 1. The maximum atomic E-state index is 11.8. The van der Waals surface area contributed by atoms with Crippen LogP contribution in [0.4, 0.5) is 11.4 Å². The second-order valence-electron chi connectivity index (χ2n) is 7.91. The number of amides is 1. The molecule has 8 heteroatoms. The Morgan fingerprint density at radius 1 is 1.03 bits per heavy atom. The summed E-state index contributed by atoms with van der Waals surface area (Å²) in [5.74, 6) is 1.78. The predicted octanol–water partition coefficient (Wildman–Crippen LogP) is 3.81. The van der Waals surface area contributed by atoms with E-state index in [1.807, 2.05) is 57.3 Å². The number of nitrogens with zero attached hydrogens (tertiary/aromatic N) is 3. The average molecular weight is 551 g/mol. The Kier molecular flexibility index (Phi) is 10.1. The van der Waals surface area contributed by atoms with Crippen LogP contribution in [0.5, 0.6) is 5.75 Å². The summed E-state index contributed by atoms with van der Waals surface area (Å²) in [4.78, 5) is 20.9. The normalized spacial score (nSPS) is 14.1. The fourth-order valence-electron chi connectivity index (χ4n) is 3.48. The monoisotopic (exact) mass is 551 g/mol. The summed E-state index contributed by atoms with van der Waals surface area (Å²) in [6.45, 7) is 8.15. The van der Waals surface area contributed by atoms with Crippen molar-refractivity contribution in [2.75, 3.05) is 50.6 Å². The summed E-state index contributed by atoms with van der Waals surface area (Å²) >= 11 is 0. The van der Waals surface area contributed by atoms with E-state index in [2.05, 4.69) is 37.6 Å². The molecule has 2 aromatic carbocycles. The first-order valence-electron chi connectivity index (χ1n) is 10.7. The summed E-state index contributed by atoms with van der Waals surface area (Å²) in [6, 6.07) is 16.1. The van der Waals surface area contributed by atoms with Crippen LogP contribution >= 0.6 is 24.0 Å². The lowest BCUT2D eigenvalue weighted by molar-refractivity contribution is -0.118. The van der Waals surface area contributed by atoms with E-state index in [1.54, 1.807) is 7.11 Å². The summed E-state index contributed by atoms with van der Waals surface area (Å²) in [7, 11) is 3.51. The van der Waals surface area contributed by atoms with Crippen LogP contribution in [-0.2, 0) is 11.3 Å². The number of piperazine rings is 1. The van der Waals surface area contributed by atoms with E-state index in [4.69, 9.17) is 4.74 Å². The molecule has 1 aliphatic heterocycles. The van der Waals surface area contributed by atoms with Crippen molar-refractivity contribution in [1.82, 2.24) is 10.2 Å². The van der Waals surface area contributed by atoms with Gasteiger partial charge in [0.05, 0.1) is 7.11 Å². The molecule has 7 nitrogen and oxygen atoms in total. The highest BCUT2D eigenvalue weighted by atomic mass is 127. The van der Waals surface area contributed by atoms with Crippen LogP contribution in [0, 0.1) is 5.92 Å². The van der Waals surface area contributed by atoms with Crippen molar-refractivity contribution in [2.24, 2.45) is 10.9 Å². The van der Waals surface area contributed by atoms with Gasteiger partial charge in [-0.3, -0.25) is 9.79 Å². The fraction of sp³-hybridized carbons (Fsp3) is 0.417. The van der Waals surface area contributed by atoms with Crippen molar-refractivity contribution in [3.8, 4) is 5.75 Å². The van der Waals surface area contributed by atoms with E-state index >= 15 is 0 Å². The van der Waals surface area contributed by atoms with Gasteiger partial charge in [0.15, 0.2) is 5.96 Å². The molecule has 1 heterocycles. The maximum Gasteiger partial charge on any atom is 0.226 e. The first-order valence-corrected chi connectivity index (χ1v) is 10.7. The van der Waals surface area contributed by atoms with E-state index in [1.165, 1.54) is 5.69 Å². The van der Waals surface area contributed by atoms with Gasteiger partial charge in [-0.2, -0.15) is 0 Å². The van der Waals surface area contributed by atoms with Crippen LogP contribution in [0.2, 0.25) is 0 Å². The molecule has 0 aliphatic carbocycles. The van der Waals surface area contributed by atoms with Gasteiger partial charge in [0.2, 0.25) is 5.91 Å². The first kappa shape index (κ1) is 25.8. The topological polar surface area (TPSA) is 69.2 Å². The third kappa shape index (κ3) is 7.01. The highest BCUT2D eigenvalue weighted by molar-refractivity contribution is 14.0. The Balaban J connectivity index is 0.00000363. The summed E-state index contributed by atoms with van der Waals surface area (Å²) in [5.41, 5.74) is 3.18. The van der Waals surface area contributed by atoms with Gasteiger partial charge in [-0.25, -0.2) is 0 Å². The van der Waals surface area contributed by atoms with Crippen LogP contribution in [0.1, 0.15) is 19.4 Å². The molecule has 3 rings (SSSR count). The molecule has 1 fully saturated rings. The minimum absolute atomic E-state index is 0. The zero-order valence-electron chi connectivity index (χ0n) is 19.3. The molecule has 2 N–H and O–H groups in total. The second-order valence-corrected chi connectivity index (χ2v) is 7.91. The molecule has 1 aliphatic rings. The van der Waals surface area contributed by atoms with Gasteiger partial charge in [-0.05, 0) is 42.0 Å². The van der Waals surface area contributed by atoms with Crippen molar-refractivity contribution in [3.63, 3.8) is 0 Å². The van der Waals surface area contributed by atoms with Crippen LogP contribution < -0.4 is 20.3 Å². The third-order valence-electron chi connectivity index (χ3n) is 5.43. The molecule has 0 radical (unpaired) electrons. The fourth-order valence-corrected chi connectivity index (χ4v) is 3.48. The molecule has 0 bridgehead atoms. The highest BCUT2D eigenvalue weighted by Gasteiger charge is 2.19. The van der Waals surface area contributed by atoms with E-state index in [-0.39, 0.29) is 35.8 Å². The van der Waals surface area contributed by atoms with Crippen molar-refractivity contribution < 1.29 is 9.53 Å². The number of carbonyl (C=O) groups excluding carboxylic acids is 1. The molecular weight excluding hydrogens is 517 g/mol. The number of hydrogen-bond acceptors (Lipinski definition) is 4. The predicted molar refractivity (Wildman–Crippen MR) is 142 cm³/mol. The summed E-state index contributed by atoms with van der Waals surface area (Å²) in [6.07, 6.45) is 0. The van der Waals surface area contributed by atoms with Gasteiger partial charge in [-0.15, -0.1) is 24.0 Å². The second kappa shape index (κ2) is 12.5. The molecule has 0 spiro atoms. The van der Waals surface area contributed by atoms with Gasteiger partial charge >= 0.3 is 0 Å². The molecule has 1 amide bonds. The minimum Gasteiger partial charge on any atom is -0.497 e. The van der Waals surface area contributed by atoms with E-state index in [0.717, 1.165) is 49.1 Å². The number of methoxy groups -OCH3 is 1. The van der Waals surface area contributed by atoms with Crippen molar-refractivity contribution >= 4 is 47.2 Å². The largest absolute Gasteiger partial charge is 0.497 e. The molecule has 0 saturated carbocycles. The number of guanidine groups is 1. The number of halogens is 1. The number of ether oxygens (including phenoxy) is 1. The van der Waals surface area contributed by atoms with Gasteiger partial charge in [0.1, 0.15) is 5.75 Å². The molecule has 0 atom stereocenters. The molecule has 174 valence electrons. The third-order valence-corrected chi connectivity index (χ3v) is 5.43. The zero-order chi connectivity index (χ0) is 22.2. The van der Waals surface area contributed by atoms with Crippen LogP contribution in [0.15, 0.2) is 53.5 Å². The van der Waals surface area contributed by atoms with E-state index < -0.39 is 0 Å². The Labute approximate surface area is 208 Å². The number of hydrogen-bond donors (Lipinski definition) is 2. The standard InChI is InChI=1S/C24H33N5O2.HI/c1-18(2)23(30)27-20-7-5-19(6-8-20)17-26-24(25-3)29-15-13-28(14-16-29)21-9-11-22(31-4)12-10-21;/h5-12,18H,13-17H2,1-4H3,(H,25,26)(H,27,30);1H. The number of aliphatic imine (C=N–C) groups is 1. The number of anilines is 2. The lowest BCUT2D eigenvalue weighted by Gasteiger charge is -2.37. The van der Waals surface area contributed by atoms with Crippen LogP contribution in [0.3, 0.4) is 0 Å². The SMILES string of the molecule is CN=C(NCc1ccc(NC(=O)C(C)C)cc1)N1CCN(c2ccc(OC)cc2)CC1.I. The highest BCUT2D eigenvalue weighted by Crippen LogP contribution is 2.20. The molecule has 1 saturated heterocycles. The zero-order valence-corrected chi connectivity index (χ0v) is 21.6. The summed E-state index contributed by atoms with van der Waals surface area (Å²) in [5, 5.41) is 6.37. The lowest BCUT2D eigenvalue weighted by atomic mass is 10.1. The minimum atomic E-state index is -0.0325. The van der Waals surface area contributed by atoms with Crippen molar-refractivity contribution in [1.29, 1.82) is 0 Å². The quantitative estimate of drug-likeness (QED) is 0.325. The smallest absolute Gasteiger partial charge is 0.226 e. The van der Waals surface area contributed by atoms with E-state index in [0.29, 0.717) is 6.54 Å². The Hall–Kier alpha value is -2.49. The molecular formula is C24H34IN5O2. The van der Waals surface area contributed by atoms with Crippen LogP contribution in [0.25, 0.3) is 0 Å². The Morgan fingerprint density at radius 3 is 2.19 bits per heavy atom. The van der Waals surface area contributed by atoms with E-state index in [9.17, 15) is 4.79 Å². The van der Waals surface area contributed by atoms with Gasteiger partial charge < -0.3 is 25.2 Å². The van der Waals surface area contributed by atoms with Gasteiger partial charge in [0, 0.05) is 57.1 Å². The lowest BCUT2D eigenvalue weighted by Crippen LogP contribution is -2.52. The maximum absolute atomic E-state index is 11.8. The average Bonchev–Trinajstić information content (AvgIpc) is 2.81. The number of nitrogens with one attached hydrogen (secondary N) is 2. The molecule has 2 aromatic rings. The van der Waals surface area contributed by atoms with Gasteiger partial charge in [0.25, 0.3) is 0 Å². The molecule has 0 aromatic heterocycles. The van der Waals surface area contributed by atoms with Gasteiger partial charge in [-0.1, -0.05) is 26.0 Å².